The quantitative estimate of drug-likeness (QED) is 0.864. The molecule has 0 spiro atoms. The van der Waals surface area contributed by atoms with Crippen molar-refractivity contribution in [2.75, 3.05) is 18.0 Å². The van der Waals surface area contributed by atoms with E-state index >= 15 is 0 Å². The van der Waals surface area contributed by atoms with E-state index in [-0.39, 0.29) is 5.54 Å². The number of rotatable bonds is 2. The maximum atomic E-state index is 6.34. The summed E-state index contributed by atoms with van der Waals surface area (Å²) in [4.78, 5) is 6.52. The van der Waals surface area contributed by atoms with Gasteiger partial charge in [-0.25, -0.2) is 4.98 Å². The van der Waals surface area contributed by atoms with Crippen LogP contribution in [0, 0.1) is 12.8 Å². The summed E-state index contributed by atoms with van der Waals surface area (Å²) in [5, 5.41) is 4.28. The predicted octanol–water partition coefficient (Wildman–Crippen LogP) is 1.21. The summed E-state index contributed by atoms with van der Waals surface area (Å²) in [5.41, 5.74) is 8.36. The molecule has 3 heterocycles. The number of aromatic nitrogens is 3. The number of nitrogens with two attached hydrogens (primary N) is 1. The third kappa shape index (κ3) is 1.58. The van der Waals surface area contributed by atoms with Crippen molar-refractivity contribution in [3.63, 3.8) is 0 Å². The Morgan fingerprint density at radius 1 is 1.33 bits per heavy atom. The van der Waals surface area contributed by atoms with Gasteiger partial charge in [0, 0.05) is 13.1 Å². The zero-order valence-corrected chi connectivity index (χ0v) is 11.1. The number of fused-ring (bicyclic) bond motifs is 1. The molecule has 2 aromatic heterocycles. The van der Waals surface area contributed by atoms with E-state index in [2.05, 4.69) is 41.8 Å². The average molecular weight is 245 g/mol. The van der Waals surface area contributed by atoms with Crippen LogP contribution in [0.2, 0.25) is 0 Å². The summed E-state index contributed by atoms with van der Waals surface area (Å²) < 4.78 is 1.88. The van der Waals surface area contributed by atoms with Crippen molar-refractivity contribution >= 4 is 11.5 Å². The van der Waals surface area contributed by atoms with Gasteiger partial charge in [-0.05, 0) is 30.5 Å². The molecule has 1 aliphatic rings. The number of hydrogen-bond donors (Lipinski definition) is 1. The van der Waals surface area contributed by atoms with Crippen molar-refractivity contribution in [1.29, 1.82) is 0 Å². The van der Waals surface area contributed by atoms with Gasteiger partial charge in [0.15, 0.2) is 5.65 Å². The molecule has 0 unspecified atom stereocenters. The number of anilines is 1. The first-order chi connectivity index (χ1) is 8.49. The van der Waals surface area contributed by atoms with E-state index in [0.29, 0.717) is 5.92 Å². The van der Waals surface area contributed by atoms with E-state index in [1.807, 2.05) is 10.6 Å². The zero-order chi connectivity index (χ0) is 12.9. The molecule has 18 heavy (non-hydrogen) atoms. The van der Waals surface area contributed by atoms with Gasteiger partial charge < -0.3 is 10.6 Å². The van der Waals surface area contributed by atoms with Gasteiger partial charge >= 0.3 is 0 Å². The minimum absolute atomic E-state index is 0.0728. The SMILES string of the molecule is Cc1cc(N2CC(N)(C(C)C)C2)n2ncnc2c1. The third-order valence-electron chi connectivity index (χ3n) is 3.95. The molecule has 1 saturated heterocycles. The molecule has 0 bridgehead atoms. The molecule has 1 aliphatic heterocycles. The van der Waals surface area contributed by atoms with Crippen LogP contribution < -0.4 is 10.6 Å². The van der Waals surface area contributed by atoms with Gasteiger partial charge in [-0.3, -0.25) is 0 Å². The van der Waals surface area contributed by atoms with Gasteiger partial charge in [0.1, 0.15) is 12.1 Å². The summed E-state index contributed by atoms with van der Waals surface area (Å²) in [7, 11) is 0. The molecule has 5 nitrogen and oxygen atoms in total. The molecule has 0 aliphatic carbocycles. The lowest BCUT2D eigenvalue weighted by atomic mass is 9.80. The fraction of sp³-hybridized carbons (Fsp3) is 0.538. The summed E-state index contributed by atoms with van der Waals surface area (Å²) in [6.45, 7) is 8.19. The van der Waals surface area contributed by atoms with Crippen LogP contribution >= 0.6 is 0 Å². The van der Waals surface area contributed by atoms with E-state index in [1.165, 1.54) is 5.56 Å². The normalized spacial score (nSPS) is 18.4. The molecular formula is C13H19N5. The molecule has 1 fully saturated rings. The van der Waals surface area contributed by atoms with E-state index < -0.39 is 0 Å². The van der Waals surface area contributed by atoms with Crippen molar-refractivity contribution in [3.8, 4) is 0 Å². The first-order valence-electron chi connectivity index (χ1n) is 6.34. The van der Waals surface area contributed by atoms with E-state index in [0.717, 1.165) is 24.6 Å². The Morgan fingerprint density at radius 2 is 2.06 bits per heavy atom. The summed E-state index contributed by atoms with van der Waals surface area (Å²) >= 11 is 0. The topological polar surface area (TPSA) is 59.5 Å². The zero-order valence-electron chi connectivity index (χ0n) is 11.1. The number of pyridine rings is 1. The number of nitrogens with zero attached hydrogens (tertiary/aromatic N) is 4. The molecule has 3 rings (SSSR count). The van der Waals surface area contributed by atoms with Gasteiger partial charge in [0.05, 0.1) is 5.54 Å². The molecule has 0 saturated carbocycles. The van der Waals surface area contributed by atoms with E-state index in [1.54, 1.807) is 6.33 Å². The van der Waals surface area contributed by atoms with Gasteiger partial charge in [0.2, 0.25) is 0 Å². The molecule has 5 heteroatoms. The second-order valence-electron chi connectivity index (χ2n) is 5.66. The minimum atomic E-state index is -0.0728. The monoisotopic (exact) mass is 245 g/mol. The molecular weight excluding hydrogens is 226 g/mol. The van der Waals surface area contributed by atoms with E-state index in [9.17, 15) is 0 Å². The van der Waals surface area contributed by atoms with Crippen molar-refractivity contribution < 1.29 is 0 Å². The van der Waals surface area contributed by atoms with Crippen LogP contribution in [0.1, 0.15) is 19.4 Å². The smallest absolute Gasteiger partial charge is 0.157 e. The Balaban J connectivity index is 1.95. The fourth-order valence-corrected chi connectivity index (χ4v) is 2.45. The van der Waals surface area contributed by atoms with Crippen LogP contribution in [0.25, 0.3) is 5.65 Å². The summed E-state index contributed by atoms with van der Waals surface area (Å²) in [5.74, 6) is 1.58. The summed E-state index contributed by atoms with van der Waals surface area (Å²) in [6, 6.07) is 4.18. The minimum Gasteiger partial charge on any atom is -0.353 e. The van der Waals surface area contributed by atoms with Crippen LogP contribution in [0.3, 0.4) is 0 Å². The molecule has 0 amide bonds. The van der Waals surface area contributed by atoms with Crippen molar-refractivity contribution in [1.82, 2.24) is 14.6 Å². The van der Waals surface area contributed by atoms with Crippen molar-refractivity contribution in [2.45, 2.75) is 26.3 Å². The summed E-state index contributed by atoms with van der Waals surface area (Å²) in [6.07, 6.45) is 1.59. The van der Waals surface area contributed by atoms with Gasteiger partial charge in [-0.1, -0.05) is 13.8 Å². The van der Waals surface area contributed by atoms with Crippen LogP contribution in [-0.2, 0) is 0 Å². The average Bonchev–Trinajstić information content (AvgIpc) is 2.71. The van der Waals surface area contributed by atoms with Crippen LogP contribution in [0.5, 0.6) is 0 Å². The maximum Gasteiger partial charge on any atom is 0.157 e. The van der Waals surface area contributed by atoms with E-state index in [4.69, 9.17) is 5.73 Å². The predicted molar refractivity (Wildman–Crippen MR) is 71.7 cm³/mol. The van der Waals surface area contributed by atoms with Gasteiger partial charge in [-0.15, -0.1) is 0 Å². The standard InChI is InChI=1S/C13H19N5/c1-9(2)13(14)6-17(7-13)12-5-10(3)4-11-15-8-16-18(11)12/h4-5,8-9H,6-7,14H2,1-3H3. The largest absolute Gasteiger partial charge is 0.353 e. The first kappa shape index (κ1) is 11.5. The highest BCUT2D eigenvalue weighted by atomic mass is 15.4. The number of hydrogen-bond acceptors (Lipinski definition) is 4. The second-order valence-corrected chi connectivity index (χ2v) is 5.66. The second kappa shape index (κ2) is 3.68. The molecule has 0 atom stereocenters. The van der Waals surface area contributed by atoms with Crippen molar-refractivity contribution in [2.24, 2.45) is 11.7 Å². The number of aryl methyl sites for hydroxylation is 1. The van der Waals surface area contributed by atoms with Crippen LogP contribution in [0.4, 0.5) is 5.82 Å². The Labute approximate surface area is 107 Å². The lowest BCUT2D eigenvalue weighted by Crippen LogP contribution is -2.70. The molecule has 2 N–H and O–H groups in total. The fourth-order valence-electron chi connectivity index (χ4n) is 2.45. The Morgan fingerprint density at radius 3 is 2.72 bits per heavy atom. The lowest BCUT2D eigenvalue weighted by Gasteiger charge is -2.51. The highest BCUT2D eigenvalue weighted by Crippen LogP contribution is 2.31. The molecule has 0 aromatic carbocycles. The van der Waals surface area contributed by atoms with Gasteiger partial charge in [0.25, 0.3) is 0 Å². The highest BCUT2D eigenvalue weighted by Gasteiger charge is 2.42. The molecule has 2 aromatic rings. The Kier molecular flexibility index (Phi) is 2.35. The van der Waals surface area contributed by atoms with Crippen LogP contribution in [0.15, 0.2) is 18.5 Å². The first-order valence-corrected chi connectivity index (χ1v) is 6.34. The van der Waals surface area contributed by atoms with Crippen molar-refractivity contribution in [3.05, 3.63) is 24.0 Å². The third-order valence-corrected chi connectivity index (χ3v) is 3.95. The Hall–Kier alpha value is -1.62. The Bertz CT molecular complexity index is 580. The van der Waals surface area contributed by atoms with Gasteiger partial charge in [-0.2, -0.15) is 9.61 Å². The van der Waals surface area contributed by atoms with Crippen LogP contribution in [-0.4, -0.2) is 33.2 Å². The molecule has 96 valence electrons. The maximum absolute atomic E-state index is 6.34. The lowest BCUT2D eigenvalue weighted by molar-refractivity contribution is 0.243. The highest BCUT2D eigenvalue weighted by molar-refractivity contribution is 5.55. The molecule has 0 radical (unpaired) electrons.